The Morgan fingerprint density at radius 1 is 1.10 bits per heavy atom. The maximum Gasteiger partial charge on any atom is 0.326 e. The normalized spacial score (nSPS) is 16.4. The fourth-order valence-electron chi connectivity index (χ4n) is 3.22. The van der Waals surface area contributed by atoms with Gasteiger partial charge in [-0.25, -0.2) is 4.79 Å². The van der Waals surface area contributed by atoms with Crippen LogP contribution in [0.3, 0.4) is 0 Å². The molecular weight excluding hydrogens is 435 g/mol. The minimum absolute atomic E-state index is 0.267. The van der Waals surface area contributed by atoms with Crippen LogP contribution in [0.4, 0.5) is 0 Å². The van der Waals surface area contributed by atoms with Gasteiger partial charge in [-0.3, -0.25) is 14.4 Å². The van der Waals surface area contributed by atoms with Gasteiger partial charge in [0.25, 0.3) is 0 Å². The fourth-order valence-corrected chi connectivity index (χ4v) is 3.70. The first-order valence-corrected chi connectivity index (χ1v) is 10.3. The Morgan fingerprint density at radius 3 is 2.23 bits per heavy atom. The third kappa shape index (κ3) is 5.43. The van der Waals surface area contributed by atoms with Crippen molar-refractivity contribution in [3.63, 3.8) is 0 Å². The Hall–Kier alpha value is -2.32. The van der Waals surface area contributed by atoms with Crippen molar-refractivity contribution in [1.82, 2.24) is 10.6 Å². The number of carboxylic acids is 2. The molecule has 2 rings (SSSR count). The molecule has 1 saturated carbocycles. The van der Waals surface area contributed by atoms with Crippen molar-refractivity contribution in [2.24, 2.45) is 5.92 Å². The quantitative estimate of drug-likeness (QED) is 0.425. The van der Waals surface area contributed by atoms with E-state index >= 15 is 0 Å². The zero-order valence-electron chi connectivity index (χ0n) is 16.6. The maximum absolute atomic E-state index is 13.1. The Morgan fingerprint density at radius 2 is 1.73 bits per heavy atom. The summed E-state index contributed by atoms with van der Waals surface area (Å²) in [5.74, 6) is -3.93. The SMILES string of the molecule is CC(C)[C@H](NC(=O)C1(c2cccc(Cl)c2Cl)CC1)C(=O)N[C@H](CCC(=O)O)C(=O)O. The molecule has 4 N–H and O–H groups in total. The molecule has 164 valence electrons. The highest BCUT2D eigenvalue weighted by atomic mass is 35.5. The predicted octanol–water partition coefficient (Wildman–Crippen LogP) is 2.60. The number of carbonyl (C=O) groups excluding carboxylic acids is 2. The second-order valence-electron chi connectivity index (χ2n) is 7.71. The largest absolute Gasteiger partial charge is 0.481 e. The summed E-state index contributed by atoms with van der Waals surface area (Å²) in [7, 11) is 0. The summed E-state index contributed by atoms with van der Waals surface area (Å²) >= 11 is 12.4. The number of amides is 2. The van der Waals surface area contributed by atoms with Gasteiger partial charge in [0.15, 0.2) is 0 Å². The van der Waals surface area contributed by atoms with Crippen LogP contribution in [-0.4, -0.2) is 46.0 Å². The number of carbonyl (C=O) groups is 4. The van der Waals surface area contributed by atoms with Gasteiger partial charge in [-0.15, -0.1) is 0 Å². The predicted molar refractivity (Wildman–Crippen MR) is 111 cm³/mol. The third-order valence-corrected chi connectivity index (χ3v) is 5.97. The molecular formula is C20H24Cl2N2O6. The molecule has 0 unspecified atom stereocenters. The second-order valence-corrected chi connectivity index (χ2v) is 8.50. The molecule has 8 nitrogen and oxygen atoms in total. The number of nitrogens with one attached hydrogen (secondary N) is 2. The van der Waals surface area contributed by atoms with Crippen molar-refractivity contribution in [2.45, 2.75) is 57.0 Å². The third-order valence-electron chi connectivity index (χ3n) is 5.15. The molecule has 10 heteroatoms. The smallest absolute Gasteiger partial charge is 0.326 e. The van der Waals surface area contributed by atoms with Crippen LogP contribution >= 0.6 is 23.2 Å². The lowest BCUT2D eigenvalue weighted by atomic mass is 9.93. The van der Waals surface area contributed by atoms with Crippen molar-refractivity contribution in [3.8, 4) is 0 Å². The zero-order chi connectivity index (χ0) is 22.6. The van der Waals surface area contributed by atoms with Crippen LogP contribution < -0.4 is 10.6 Å². The van der Waals surface area contributed by atoms with E-state index in [2.05, 4.69) is 10.6 Å². The standard InChI is InChI=1S/C20H24Cl2N2O6/c1-10(2)16(17(27)23-13(18(28)29)6-7-14(25)26)24-19(30)20(8-9-20)11-4-3-5-12(21)15(11)22/h3-5,10,13,16H,6-9H2,1-2H3,(H,23,27)(H,24,30)(H,25,26)(H,28,29)/t13-,16+/m1/s1. The van der Waals surface area contributed by atoms with Gasteiger partial charge in [0.1, 0.15) is 12.1 Å². The molecule has 0 aliphatic heterocycles. The van der Waals surface area contributed by atoms with E-state index < -0.39 is 47.7 Å². The van der Waals surface area contributed by atoms with Crippen molar-refractivity contribution < 1.29 is 29.4 Å². The van der Waals surface area contributed by atoms with Crippen molar-refractivity contribution >= 4 is 47.0 Å². The molecule has 2 amide bonds. The first-order chi connectivity index (χ1) is 14.0. The number of hydrogen-bond donors (Lipinski definition) is 4. The van der Waals surface area contributed by atoms with E-state index in [1.807, 2.05) is 0 Å². The van der Waals surface area contributed by atoms with E-state index in [1.165, 1.54) is 0 Å². The molecule has 1 aliphatic rings. The van der Waals surface area contributed by atoms with E-state index in [4.69, 9.17) is 28.3 Å². The summed E-state index contributed by atoms with van der Waals surface area (Å²) in [5, 5.41) is 23.7. The van der Waals surface area contributed by atoms with Gasteiger partial charge in [0, 0.05) is 6.42 Å². The van der Waals surface area contributed by atoms with Crippen LogP contribution in [0.2, 0.25) is 10.0 Å². The summed E-state index contributed by atoms with van der Waals surface area (Å²) in [5.41, 5.74) is -0.299. The van der Waals surface area contributed by atoms with E-state index in [-0.39, 0.29) is 17.4 Å². The van der Waals surface area contributed by atoms with Crippen LogP contribution in [0.25, 0.3) is 0 Å². The molecule has 0 radical (unpaired) electrons. The summed E-state index contributed by atoms with van der Waals surface area (Å²) in [6.07, 6.45) is 0.410. The fraction of sp³-hybridized carbons (Fsp3) is 0.500. The van der Waals surface area contributed by atoms with Crippen LogP contribution in [0, 0.1) is 5.92 Å². The summed E-state index contributed by atoms with van der Waals surface area (Å²) in [6, 6.07) is 2.67. The van der Waals surface area contributed by atoms with E-state index in [0.29, 0.717) is 23.4 Å². The molecule has 2 atom stereocenters. The van der Waals surface area contributed by atoms with E-state index in [9.17, 15) is 24.3 Å². The van der Waals surface area contributed by atoms with E-state index in [0.717, 1.165) is 0 Å². The first kappa shape index (κ1) is 24.0. The average Bonchev–Trinajstić information content (AvgIpc) is 3.46. The topological polar surface area (TPSA) is 133 Å². The molecule has 1 aliphatic carbocycles. The molecule has 1 aromatic carbocycles. The maximum atomic E-state index is 13.1. The Bertz CT molecular complexity index is 854. The monoisotopic (exact) mass is 458 g/mol. The Labute approximate surface area is 183 Å². The van der Waals surface area contributed by atoms with Crippen LogP contribution in [0.15, 0.2) is 18.2 Å². The van der Waals surface area contributed by atoms with Crippen LogP contribution in [0.1, 0.15) is 45.1 Å². The number of hydrogen-bond acceptors (Lipinski definition) is 4. The number of aliphatic carboxylic acids is 2. The molecule has 0 bridgehead atoms. The highest BCUT2D eigenvalue weighted by molar-refractivity contribution is 6.42. The summed E-state index contributed by atoms with van der Waals surface area (Å²) in [4.78, 5) is 47.8. The van der Waals surface area contributed by atoms with Gasteiger partial charge in [-0.2, -0.15) is 0 Å². The number of rotatable bonds is 10. The van der Waals surface area contributed by atoms with Crippen molar-refractivity contribution in [3.05, 3.63) is 33.8 Å². The van der Waals surface area contributed by atoms with Crippen LogP contribution in [0.5, 0.6) is 0 Å². The number of carboxylic acid groups (broad SMARTS) is 2. The summed E-state index contributed by atoms with van der Waals surface area (Å²) in [6.45, 7) is 3.42. The van der Waals surface area contributed by atoms with Gasteiger partial charge in [-0.05, 0) is 36.8 Å². The summed E-state index contributed by atoms with van der Waals surface area (Å²) < 4.78 is 0. The number of halogens is 2. The van der Waals surface area contributed by atoms with E-state index in [1.54, 1.807) is 32.0 Å². The average molecular weight is 459 g/mol. The molecule has 0 saturated heterocycles. The molecule has 0 heterocycles. The highest BCUT2D eigenvalue weighted by Gasteiger charge is 2.53. The van der Waals surface area contributed by atoms with Crippen molar-refractivity contribution in [2.75, 3.05) is 0 Å². The Balaban J connectivity index is 2.15. The van der Waals surface area contributed by atoms with Crippen molar-refractivity contribution in [1.29, 1.82) is 0 Å². The minimum Gasteiger partial charge on any atom is -0.481 e. The molecule has 1 fully saturated rings. The second kappa shape index (κ2) is 9.66. The van der Waals surface area contributed by atoms with Gasteiger partial charge in [0.2, 0.25) is 11.8 Å². The molecule has 30 heavy (non-hydrogen) atoms. The van der Waals surface area contributed by atoms with Gasteiger partial charge >= 0.3 is 11.9 Å². The van der Waals surface area contributed by atoms with Gasteiger partial charge in [-0.1, -0.05) is 49.2 Å². The Kier molecular flexibility index (Phi) is 7.71. The molecule has 0 aromatic heterocycles. The van der Waals surface area contributed by atoms with Gasteiger partial charge in [0.05, 0.1) is 15.5 Å². The lowest BCUT2D eigenvalue weighted by Gasteiger charge is -2.26. The van der Waals surface area contributed by atoms with Crippen LogP contribution in [-0.2, 0) is 24.6 Å². The number of benzene rings is 1. The van der Waals surface area contributed by atoms with Gasteiger partial charge < -0.3 is 20.8 Å². The molecule has 0 spiro atoms. The highest BCUT2D eigenvalue weighted by Crippen LogP contribution is 2.51. The lowest BCUT2D eigenvalue weighted by Crippen LogP contribution is -2.55. The first-order valence-electron chi connectivity index (χ1n) is 9.50. The minimum atomic E-state index is -1.37. The molecule has 1 aromatic rings. The lowest BCUT2D eigenvalue weighted by molar-refractivity contribution is -0.143. The zero-order valence-corrected chi connectivity index (χ0v) is 18.1.